The lowest BCUT2D eigenvalue weighted by Gasteiger charge is -2.23. The van der Waals surface area contributed by atoms with Crippen LogP contribution < -0.4 is 5.32 Å². The van der Waals surface area contributed by atoms with Crippen molar-refractivity contribution in [3.63, 3.8) is 0 Å². The largest absolute Gasteiger partial charge is 0.478 e. The van der Waals surface area contributed by atoms with Crippen molar-refractivity contribution in [1.29, 1.82) is 0 Å². The van der Waals surface area contributed by atoms with E-state index >= 15 is 0 Å². The van der Waals surface area contributed by atoms with Crippen LogP contribution >= 0.6 is 0 Å². The van der Waals surface area contributed by atoms with Gasteiger partial charge in [-0.3, -0.25) is 4.79 Å². The number of hydrogen-bond donors (Lipinski definition) is 2. The summed E-state index contributed by atoms with van der Waals surface area (Å²) in [5.41, 5.74) is 1.43. The molecule has 1 fully saturated rings. The molecular weight excluding hydrogens is 242 g/mol. The van der Waals surface area contributed by atoms with Crippen molar-refractivity contribution in [2.75, 3.05) is 5.32 Å². The molecule has 0 unspecified atom stereocenters. The predicted molar refractivity (Wildman–Crippen MR) is 73.3 cm³/mol. The number of rotatable bonds is 3. The highest BCUT2D eigenvalue weighted by molar-refractivity contribution is 5.96. The Balaban J connectivity index is 2.15. The van der Waals surface area contributed by atoms with Gasteiger partial charge in [0.25, 0.3) is 0 Å². The summed E-state index contributed by atoms with van der Waals surface area (Å²) < 4.78 is 0. The molecule has 0 spiro atoms. The van der Waals surface area contributed by atoms with Gasteiger partial charge in [0.2, 0.25) is 5.91 Å². The molecule has 19 heavy (non-hydrogen) atoms. The van der Waals surface area contributed by atoms with E-state index in [0.717, 1.165) is 31.2 Å². The topological polar surface area (TPSA) is 66.4 Å². The lowest BCUT2D eigenvalue weighted by Crippen LogP contribution is -2.31. The minimum Gasteiger partial charge on any atom is -0.478 e. The summed E-state index contributed by atoms with van der Waals surface area (Å²) in [7, 11) is 0. The van der Waals surface area contributed by atoms with Gasteiger partial charge >= 0.3 is 5.97 Å². The fourth-order valence-electron chi connectivity index (χ4n) is 2.59. The Morgan fingerprint density at radius 1 is 1.26 bits per heavy atom. The van der Waals surface area contributed by atoms with E-state index in [2.05, 4.69) is 5.32 Å². The number of carbonyl (C=O) groups excluding carboxylic acids is 1. The monoisotopic (exact) mass is 261 g/mol. The molecule has 0 aromatic heterocycles. The van der Waals surface area contributed by atoms with E-state index in [-0.39, 0.29) is 16.9 Å². The first-order chi connectivity index (χ1) is 8.92. The summed E-state index contributed by atoms with van der Waals surface area (Å²) in [5, 5.41) is 11.8. The molecule has 1 aromatic carbocycles. The number of aryl methyl sites for hydroxylation is 1. The Labute approximate surface area is 112 Å². The van der Waals surface area contributed by atoms with Gasteiger partial charge in [0.15, 0.2) is 0 Å². The number of amides is 1. The van der Waals surface area contributed by atoms with E-state index < -0.39 is 5.97 Å². The summed E-state index contributed by atoms with van der Waals surface area (Å²) in [6.07, 6.45) is 4.04. The third kappa shape index (κ3) is 2.78. The van der Waals surface area contributed by atoms with E-state index in [1.54, 1.807) is 19.1 Å². The maximum atomic E-state index is 12.3. The van der Waals surface area contributed by atoms with Crippen molar-refractivity contribution in [3.05, 3.63) is 29.3 Å². The van der Waals surface area contributed by atoms with Crippen LogP contribution in [0.5, 0.6) is 0 Å². The van der Waals surface area contributed by atoms with E-state index in [9.17, 15) is 9.59 Å². The zero-order chi connectivity index (χ0) is 14.0. The summed E-state index contributed by atoms with van der Waals surface area (Å²) in [5.74, 6) is -0.917. The number of carbonyl (C=O) groups is 2. The third-order valence-corrected chi connectivity index (χ3v) is 3.98. The number of nitrogens with one attached hydrogen (secondary N) is 1. The molecule has 2 rings (SSSR count). The van der Waals surface area contributed by atoms with Crippen LogP contribution in [0.4, 0.5) is 5.69 Å². The molecule has 1 saturated carbocycles. The van der Waals surface area contributed by atoms with E-state index in [1.807, 2.05) is 6.92 Å². The molecule has 102 valence electrons. The summed E-state index contributed by atoms with van der Waals surface area (Å²) in [6, 6.07) is 4.76. The zero-order valence-electron chi connectivity index (χ0n) is 11.3. The van der Waals surface area contributed by atoms with Crippen LogP contribution in [0.1, 0.15) is 48.5 Å². The number of benzene rings is 1. The minimum absolute atomic E-state index is 0.0381. The Bertz CT molecular complexity index is 516. The Morgan fingerprint density at radius 2 is 1.89 bits per heavy atom. The lowest BCUT2D eigenvalue weighted by atomic mass is 9.87. The van der Waals surface area contributed by atoms with Gasteiger partial charge in [-0.2, -0.15) is 0 Å². The maximum absolute atomic E-state index is 12.3. The first kappa shape index (κ1) is 13.6. The fourth-order valence-corrected chi connectivity index (χ4v) is 2.59. The second-order valence-corrected chi connectivity index (χ2v) is 5.56. The summed E-state index contributed by atoms with van der Waals surface area (Å²) >= 11 is 0. The van der Waals surface area contributed by atoms with Crippen molar-refractivity contribution in [3.8, 4) is 0 Å². The van der Waals surface area contributed by atoms with Gasteiger partial charge in [0.1, 0.15) is 0 Å². The molecule has 1 aliphatic carbocycles. The van der Waals surface area contributed by atoms with Crippen molar-refractivity contribution < 1.29 is 14.7 Å². The molecule has 0 heterocycles. The number of carboxylic acid groups (broad SMARTS) is 1. The summed E-state index contributed by atoms with van der Waals surface area (Å²) in [6.45, 7) is 3.80. The highest BCUT2D eigenvalue weighted by Crippen LogP contribution is 2.38. The second-order valence-electron chi connectivity index (χ2n) is 5.56. The molecule has 1 amide bonds. The molecular formula is C15H19NO3. The van der Waals surface area contributed by atoms with E-state index in [1.165, 1.54) is 6.07 Å². The van der Waals surface area contributed by atoms with Gasteiger partial charge in [-0.05, 0) is 43.5 Å². The van der Waals surface area contributed by atoms with Crippen LogP contribution in [-0.2, 0) is 4.79 Å². The quantitative estimate of drug-likeness (QED) is 0.878. The molecule has 4 nitrogen and oxygen atoms in total. The molecule has 0 radical (unpaired) electrons. The minimum atomic E-state index is -0.955. The Morgan fingerprint density at radius 3 is 2.42 bits per heavy atom. The van der Waals surface area contributed by atoms with E-state index in [0.29, 0.717) is 5.69 Å². The van der Waals surface area contributed by atoms with Crippen LogP contribution in [0.3, 0.4) is 0 Å². The molecule has 0 bridgehead atoms. The van der Waals surface area contributed by atoms with Crippen molar-refractivity contribution >= 4 is 17.6 Å². The standard InChI is InChI=1S/C15H19NO3/c1-10-9-11(13(17)18)5-6-12(10)16-14(19)15(2)7-3-4-8-15/h5-6,9H,3-4,7-8H2,1-2H3,(H,16,19)(H,17,18). The SMILES string of the molecule is Cc1cc(C(=O)O)ccc1NC(=O)C1(C)CCCC1. The number of anilines is 1. The third-order valence-electron chi connectivity index (χ3n) is 3.98. The number of hydrogen-bond acceptors (Lipinski definition) is 2. The van der Waals surface area contributed by atoms with Gasteiger partial charge in [-0.15, -0.1) is 0 Å². The number of aromatic carboxylic acids is 1. The van der Waals surface area contributed by atoms with Gasteiger partial charge < -0.3 is 10.4 Å². The highest BCUT2D eigenvalue weighted by Gasteiger charge is 2.36. The van der Waals surface area contributed by atoms with Crippen molar-refractivity contribution in [2.24, 2.45) is 5.41 Å². The Kier molecular flexibility index (Phi) is 3.60. The van der Waals surface area contributed by atoms with Gasteiger partial charge in [-0.1, -0.05) is 19.8 Å². The van der Waals surface area contributed by atoms with Gasteiger partial charge in [0.05, 0.1) is 5.56 Å². The van der Waals surface area contributed by atoms with Crippen LogP contribution in [0.2, 0.25) is 0 Å². The van der Waals surface area contributed by atoms with Crippen LogP contribution in [-0.4, -0.2) is 17.0 Å². The first-order valence-corrected chi connectivity index (χ1v) is 6.58. The van der Waals surface area contributed by atoms with Crippen molar-refractivity contribution in [1.82, 2.24) is 0 Å². The Hall–Kier alpha value is -1.84. The summed E-state index contributed by atoms with van der Waals surface area (Å²) in [4.78, 5) is 23.1. The van der Waals surface area contributed by atoms with Gasteiger partial charge in [-0.25, -0.2) is 4.79 Å². The molecule has 1 aromatic rings. The maximum Gasteiger partial charge on any atom is 0.335 e. The molecule has 4 heteroatoms. The average molecular weight is 261 g/mol. The molecule has 0 atom stereocenters. The van der Waals surface area contributed by atoms with Gasteiger partial charge in [0, 0.05) is 11.1 Å². The molecule has 1 aliphatic rings. The number of carboxylic acids is 1. The average Bonchev–Trinajstić information content (AvgIpc) is 2.80. The van der Waals surface area contributed by atoms with Crippen LogP contribution in [0, 0.1) is 12.3 Å². The molecule has 0 saturated heterocycles. The van der Waals surface area contributed by atoms with Crippen molar-refractivity contribution in [2.45, 2.75) is 39.5 Å². The smallest absolute Gasteiger partial charge is 0.335 e. The highest BCUT2D eigenvalue weighted by atomic mass is 16.4. The van der Waals surface area contributed by atoms with Crippen LogP contribution in [0.25, 0.3) is 0 Å². The van der Waals surface area contributed by atoms with Crippen LogP contribution in [0.15, 0.2) is 18.2 Å². The second kappa shape index (κ2) is 5.03. The fraction of sp³-hybridized carbons (Fsp3) is 0.467. The first-order valence-electron chi connectivity index (χ1n) is 6.58. The molecule has 0 aliphatic heterocycles. The lowest BCUT2D eigenvalue weighted by molar-refractivity contribution is -0.124. The van der Waals surface area contributed by atoms with E-state index in [4.69, 9.17) is 5.11 Å². The normalized spacial score (nSPS) is 17.2. The molecule has 2 N–H and O–H groups in total. The zero-order valence-corrected chi connectivity index (χ0v) is 11.3. The predicted octanol–water partition coefficient (Wildman–Crippen LogP) is 3.21.